The first kappa shape index (κ1) is 16.7. The van der Waals surface area contributed by atoms with Gasteiger partial charge in [-0.25, -0.2) is 9.97 Å². The number of aromatic nitrogens is 2. The second-order valence-electron chi connectivity index (χ2n) is 4.85. The summed E-state index contributed by atoms with van der Waals surface area (Å²) in [4.78, 5) is 22.3. The van der Waals surface area contributed by atoms with E-state index < -0.39 is 0 Å². The van der Waals surface area contributed by atoms with E-state index in [-0.39, 0.29) is 5.91 Å². The van der Waals surface area contributed by atoms with E-state index in [9.17, 15) is 4.79 Å². The Morgan fingerprint density at radius 3 is 2.30 bits per heavy atom. The van der Waals surface area contributed by atoms with Crippen LogP contribution in [-0.2, 0) is 0 Å². The molecule has 23 heavy (non-hydrogen) atoms. The van der Waals surface area contributed by atoms with Crippen molar-refractivity contribution in [2.24, 2.45) is 0 Å². The molecule has 2 aromatic rings. The number of hydrogen-bond acceptors (Lipinski definition) is 5. The smallest absolute Gasteiger partial charge is 0.274 e. The summed E-state index contributed by atoms with van der Waals surface area (Å²) in [6.07, 6.45) is 3.06. The lowest BCUT2D eigenvalue weighted by molar-refractivity contribution is 0.0766. The molecule has 0 spiro atoms. The Balaban J connectivity index is 2.03. The van der Waals surface area contributed by atoms with Gasteiger partial charge in [0.1, 0.15) is 17.3 Å². The largest absolute Gasteiger partial charge is 0.494 e. The number of rotatable bonds is 7. The van der Waals surface area contributed by atoms with Gasteiger partial charge in [0.15, 0.2) is 0 Å². The molecule has 122 valence electrons. The molecule has 1 aromatic carbocycles. The number of amides is 1. The molecule has 0 aliphatic carbocycles. The van der Waals surface area contributed by atoms with Crippen molar-refractivity contribution in [1.82, 2.24) is 14.9 Å². The van der Waals surface area contributed by atoms with Crippen LogP contribution in [0.3, 0.4) is 0 Å². The zero-order valence-corrected chi connectivity index (χ0v) is 13.7. The number of carbonyl (C=O) groups excluding carboxylic acids is 1. The van der Waals surface area contributed by atoms with E-state index in [0.29, 0.717) is 31.2 Å². The van der Waals surface area contributed by atoms with Gasteiger partial charge in [0, 0.05) is 18.8 Å². The number of ether oxygens (including phenoxy) is 1. The molecule has 1 heterocycles. The van der Waals surface area contributed by atoms with Crippen LogP contribution in [0, 0.1) is 0 Å². The fourth-order valence-corrected chi connectivity index (χ4v) is 2.12. The van der Waals surface area contributed by atoms with E-state index in [1.807, 2.05) is 45.0 Å². The van der Waals surface area contributed by atoms with Crippen LogP contribution in [0.1, 0.15) is 31.3 Å². The molecule has 1 amide bonds. The predicted octanol–water partition coefficient (Wildman–Crippen LogP) is 3.10. The van der Waals surface area contributed by atoms with E-state index in [0.717, 1.165) is 11.4 Å². The summed E-state index contributed by atoms with van der Waals surface area (Å²) in [6.45, 7) is 7.78. The first-order valence-electron chi connectivity index (χ1n) is 7.79. The molecule has 0 unspecified atom stereocenters. The summed E-state index contributed by atoms with van der Waals surface area (Å²) in [5.74, 6) is 1.31. The van der Waals surface area contributed by atoms with Gasteiger partial charge in [-0.05, 0) is 45.0 Å². The Morgan fingerprint density at radius 1 is 1.09 bits per heavy atom. The average Bonchev–Trinajstić information content (AvgIpc) is 2.58. The number of anilines is 2. The minimum atomic E-state index is -0.102. The highest BCUT2D eigenvalue weighted by molar-refractivity contribution is 5.92. The minimum Gasteiger partial charge on any atom is -0.494 e. The third kappa shape index (κ3) is 4.42. The summed E-state index contributed by atoms with van der Waals surface area (Å²) in [5.41, 5.74) is 1.23. The van der Waals surface area contributed by atoms with E-state index in [4.69, 9.17) is 4.74 Å². The van der Waals surface area contributed by atoms with Gasteiger partial charge in [-0.15, -0.1) is 0 Å². The normalized spacial score (nSPS) is 10.2. The van der Waals surface area contributed by atoms with E-state index >= 15 is 0 Å². The number of nitrogens with one attached hydrogen (secondary N) is 1. The molecule has 0 fully saturated rings. The highest BCUT2D eigenvalue weighted by Crippen LogP contribution is 2.18. The fourth-order valence-electron chi connectivity index (χ4n) is 2.12. The number of hydrogen-bond donors (Lipinski definition) is 1. The van der Waals surface area contributed by atoms with Gasteiger partial charge in [-0.1, -0.05) is 0 Å². The van der Waals surface area contributed by atoms with Gasteiger partial charge in [0.2, 0.25) is 0 Å². The van der Waals surface area contributed by atoms with Crippen molar-refractivity contribution in [3.8, 4) is 5.75 Å². The maximum absolute atomic E-state index is 12.2. The van der Waals surface area contributed by atoms with Gasteiger partial charge in [-0.2, -0.15) is 0 Å². The lowest BCUT2D eigenvalue weighted by Gasteiger charge is -2.17. The Morgan fingerprint density at radius 2 is 1.78 bits per heavy atom. The van der Waals surface area contributed by atoms with Crippen LogP contribution in [0.25, 0.3) is 0 Å². The molecule has 0 bridgehead atoms. The van der Waals surface area contributed by atoms with E-state index in [1.165, 1.54) is 6.20 Å². The summed E-state index contributed by atoms with van der Waals surface area (Å²) in [5, 5.41) is 3.14. The average molecular weight is 314 g/mol. The van der Waals surface area contributed by atoms with Crippen molar-refractivity contribution in [3.05, 3.63) is 42.4 Å². The van der Waals surface area contributed by atoms with E-state index in [1.54, 1.807) is 11.1 Å². The Hall–Kier alpha value is -2.63. The SMILES string of the molecule is CCOc1ccc(Nc2cnc(C(=O)N(CC)CC)cn2)cc1. The topological polar surface area (TPSA) is 67.3 Å². The monoisotopic (exact) mass is 314 g/mol. The van der Waals surface area contributed by atoms with Crippen LogP contribution in [0.5, 0.6) is 5.75 Å². The zero-order valence-electron chi connectivity index (χ0n) is 13.7. The molecular weight excluding hydrogens is 292 g/mol. The highest BCUT2D eigenvalue weighted by Gasteiger charge is 2.14. The minimum absolute atomic E-state index is 0.102. The molecule has 6 heteroatoms. The van der Waals surface area contributed by atoms with Crippen molar-refractivity contribution in [2.45, 2.75) is 20.8 Å². The molecule has 1 aromatic heterocycles. The number of benzene rings is 1. The van der Waals surface area contributed by atoms with Crippen molar-refractivity contribution in [3.63, 3.8) is 0 Å². The predicted molar refractivity (Wildman–Crippen MR) is 90.2 cm³/mol. The standard InChI is InChI=1S/C17H22N4O2/c1-4-21(5-2)17(22)15-11-19-16(12-18-15)20-13-7-9-14(10-8-13)23-6-3/h7-12H,4-6H2,1-3H3,(H,19,20). The number of nitrogens with zero attached hydrogens (tertiary/aromatic N) is 3. The Bertz CT molecular complexity index is 622. The third-order valence-electron chi connectivity index (χ3n) is 3.36. The van der Waals surface area contributed by atoms with Crippen molar-refractivity contribution in [1.29, 1.82) is 0 Å². The van der Waals surface area contributed by atoms with Crippen molar-refractivity contribution >= 4 is 17.4 Å². The maximum atomic E-state index is 12.2. The van der Waals surface area contributed by atoms with Gasteiger partial charge in [0.05, 0.1) is 19.0 Å². The first-order valence-corrected chi connectivity index (χ1v) is 7.79. The summed E-state index contributed by atoms with van der Waals surface area (Å²) in [6, 6.07) is 7.58. The van der Waals surface area contributed by atoms with Crippen LogP contribution in [0.15, 0.2) is 36.7 Å². The van der Waals surface area contributed by atoms with E-state index in [2.05, 4.69) is 15.3 Å². The van der Waals surface area contributed by atoms with Crippen LogP contribution in [-0.4, -0.2) is 40.5 Å². The lowest BCUT2D eigenvalue weighted by atomic mass is 10.3. The van der Waals surface area contributed by atoms with Gasteiger partial charge in [0.25, 0.3) is 5.91 Å². The van der Waals surface area contributed by atoms with Crippen LogP contribution in [0.2, 0.25) is 0 Å². The molecule has 0 aliphatic heterocycles. The summed E-state index contributed by atoms with van der Waals surface area (Å²) in [7, 11) is 0. The quantitative estimate of drug-likeness (QED) is 0.850. The molecule has 0 radical (unpaired) electrons. The second-order valence-corrected chi connectivity index (χ2v) is 4.85. The van der Waals surface area contributed by atoms with Crippen LogP contribution in [0.4, 0.5) is 11.5 Å². The number of carbonyl (C=O) groups is 1. The molecule has 0 atom stereocenters. The van der Waals surface area contributed by atoms with Crippen LogP contribution < -0.4 is 10.1 Å². The highest BCUT2D eigenvalue weighted by atomic mass is 16.5. The van der Waals surface area contributed by atoms with Gasteiger partial charge in [-0.3, -0.25) is 4.79 Å². The Kier molecular flexibility index (Phi) is 5.91. The third-order valence-corrected chi connectivity index (χ3v) is 3.36. The molecule has 6 nitrogen and oxygen atoms in total. The Labute approximate surface area is 136 Å². The van der Waals surface area contributed by atoms with Crippen molar-refractivity contribution < 1.29 is 9.53 Å². The lowest BCUT2D eigenvalue weighted by Crippen LogP contribution is -2.31. The molecule has 0 aliphatic rings. The summed E-state index contributed by atoms with van der Waals surface area (Å²) < 4.78 is 5.40. The molecule has 0 saturated heterocycles. The van der Waals surface area contributed by atoms with Crippen molar-refractivity contribution in [2.75, 3.05) is 25.0 Å². The molecule has 0 saturated carbocycles. The fraction of sp³-hybridized carbons (Fsp3) is 0.353. The molecular formula is C17H22N4O2. The zero-order chi connectivity index (χ0) is 16.7. The van der Waals surface area contributed by atoms with Gasteiger partial charge >= 0.3 is 0 Å². The molecule has 2 rings (SSSR count). The second kappa shape index (κ2) is 8.12. The van der Waals surface area contributed by atoms with Gasteiger partial charge < -0.3 is 15.0 Å². The first-order chi connectivity index (χ1) is 11.2. The maximum Gasteiger partial charge on any atom is 0.274 e. The molecule has 1 N–H and O–H groups in total. The van der Waals surface area contributed by atoms with Crippen LogP contribution >= 0.6 is 0 Å². The summed E-state index contributed by atoms with van der Waals surface area (Å²) >= 11 is 0.